The van der Waals surface area contributed by atoms with Gasteiger partial charge in [-0.05, 0) is 25.5 Å². The number of hydrogen-bond donors (Lipinski definition) is 0. The van der Waals surface area contributed by atoms with Crippen LogP contribution in [0.5, 0.6) is 5.75 Å². The summed E-state index contributed by atoms with van der Waals surface area (Å²) in [6.07, 6.45) is 2.54. The Morgan fingerprint density at radius 3 is 2.87 bits per heavy atom. The van der Waals surface area contributed by atoms with Gasteiger partial charge in [0.2, 0.25) is 0 Å². The Bertz CT molecular complexity index is 305. The van der Waals surface area contributed by atoms with E-state index in [4.69, 9.17) is 21.1 Å². The summed E-state index contributed by atoms with van der Waals surface area (Å²) in [5.41, 5.74) is 1.01. The number of rotatable bonds is 6. The van der Waals surface area contributed by atoms with Crippen molar-refractivity contribution >= 4 is 11.6 Å². The van der Waals surface area contributed by atoms with Crippen molar-refractivity contribution in [2.24, 2.45) is 0 Å². The molecule has 0 aromatic carbocycles. The lowest BCUT2D eigenvalue weighted by molar-refractivity contribution is 0.130. The summed E-state index contributed by atoms with van der Waals surface area (Å²) in [7, 11) is 0. The van der Waals surface area contributed by atoms with E-state index in [0.29, 0.717) is 11.8 Å². The van der Waals surface area contributed by atoms with Crippen LogP contribution in [0.2, 0.25) is 5.15 Å². The maximum absolute atomic E-state index is 5.73. The van der Waals surface area contributed by atoms with Crippen LogP contribution < -0.4 is 4.74 Å². The average Bonchev–Trinajstić information content (AvgIpc) is 2.20. The average molecular weight is 230 g/mol. The molecule has 4 heteroatoms. The second kappa shape index (κ2) is 6.64. The molecule has 0 aliphatic rings. The molecule has 15 heavy (non-hydrogen) atoms. The molecule has 1 aromatic rings. The number of hydrogen-bond acceptors (Lipinski definition) is 3. The van der Waals surface area contributed by atoms with Gasteiger partial charge in [0.05, 0.1) is 12.8 Å². The minimum absolute atomic E-state index is 0.495. The number of halogens is 1. The summed E-state index contributed by atoms with van der Waals surface area (Å²) in [5, 5.41) is 0.495. The highest BCUT2D eigenvalue weighted by Gasteiger charge is 2.00. The van der Waals surface area contributed by atoms with Gasteiger partial charge in [0.25, 0.3) is 0 Å². The SMILES string of the molecule is CCOCCCOc1cnc(Cl)cc1C. The maximum Gasteiger partial charge on any atom is 0.140 e. The van der Waals surface area contributed by atoms with Gasteiger partial charge in [-0.3, -0.25) is 0 Å². The van der Waals surface area contributed by atoms with Crippen LogP contribution in [0, 0.1) is 6.92 Å². The highest BCUT2D eigenvalue weighted by Crippen LogP contribution is 2.19. The lowest BCUT2D eigenvalue weighted by atomic mass is 10.3. The third-order valence-electron chi connectivity index (χ3n) is 1.92. The van der Waals surface area contributed by atoms with Crippen molar-refractivity contribution in [1.82, 2.24) is 4.98 Å². The van der Waals surface area contributed by atoms with Gasteiger partial charge in [0, 0.05) is 19.6 Å². The Morgan fingerprint density at radius 1 is 1.40 bits per heavy atom. The summed E-state index contributed by atoms with van der Waals surface area (Å²) in [5.74, 6) is 0.788. The van der Waals surface area contributed by atoms with E-state index < -0.39 is 0 Å². The Balaban J connectivity index is 2.31. The predicted molar refractivity (Wildman–Crippen MR) is 60.6 cm³/mol. The van der Waals surface area contributed by atoms with Crippen LogP contribution in [0.15, 0.2) is 12.3 Å². The summed E-state index contributed by atoms with van der Waals surface area (Å²) in [4.78, 5) is 3.96. The number of ether oxygens (including phenoxy) is 2. The Labute approximate surface area is 95.4 Å². The highest BCUT2D eigenvalue weighted by atomic mass is 35.5. The molecule has 0 spiro atoms. The number of nitrogens with zero attached hydrogens (tertiary/aromatic N) is 1. The fourth-order valence-corrected chi connectivity index (χ4v) is 1.36. The minimum atomic E-state index is 0.495. The molecule has 0 unspecified atom stereocenters. The number of pyridine rings is 1. The fraction of sp³-hybridized carbons (Fsp3) is 0.545. The summed E-state index contributed by atoms with van der Waals surface area (Å²) < 4.78 is 10.7. The zero-order chi connectivity index (χ0) is 11.1. The molecule has 0 aliphatic heterocycles. The summed E-state index contributed by atoms with van der Waals surface area (Å²) in [6, 6.07) is 1.79. The third kappa shape index (κ3) is 4.49. The van der Waals surface area contributed by atoms with Crippen molar-refractivity contribution in [2.45, 2.75) is 20.3 Å². The first-order valence-electron chi connectivity index (χ1n) is 5.06. The van der Waals surface area contributed by atoms with Crippen molar-refractivity contribution in [3.63, 3.8) is 0 Å². The van der Waals surface area contributed by atoms with E-state index in [1.807, 2.05) is 13.8 Å². The maximum atomic E-state index is 5.73. The summed E-state index contributed by atoms with van der Waals surface area (Å²) in [6.45, 7) is 6.06. The van der Waals surface area contributed by atoms with E-state index in [0.717, 1.165) is 30.9 Å². The van der Waals surface area contributed by atoms with E-state index in [2.05, 4.69) is 4.98 Å². The minimum Gasteiger partial charge on any atom is -0.492 e. The van der Waals surface area contributed by atoms with Gasteiger partial charge in [-0.2, -0.15) is 0 Å². The van der Waals surface area contributed by atoms with Crippen LogP contribution in [-0.4, -0.2) is 24.8 Å². The van der Waals surface area contributed by atoms with Gasteiger partial charge in [0.1, 0.15) is 10.9 Å². The third-order valence-corrected chi connectivity index (χ3v) is 2.13. The predicted octanol–water partition coefficient (Wildman–Crippen LogP) is 2.85. The molecule has 0 aliphatic carbocycles. The monoisotopic (exact) mass is 229 g/mol. The van der Waals surface area contributed by atoms with Gasteiger partial charge in [-0.15, -0.1) is 0 Å². The molecule has 0 saturated heterocycles. The van der Waals surface area contributed by atoms with Crippen molar-refractivity contribution in [3.05, 3.63) is 23.0 Å². The quantitative estimate of drug-likeness (QED) is 0.555. The van der Waals surface area contributed by atoms with E-state index in [1.54, 1.807) is 12.3 Å². The molecule has 0 N–H and O–H groups in total. The molecule has 1 aromatic heterocycles. The molecule has 0 amide bonds. The van der Waals surface area contributed by atoms with Gasteiger partial charge in [0.15, 0.2) is 0 Å². The van der Waals surface area contributed by atoms with E-state index in [1.165, 1.54) is 0 Å². The van der Waals surface area contributed by atoms with E-state index in [-0.39, 0.29) is 0 Å². The molecule has 84 valence electrons. The Morgan fingerprint density at radius 2 is 2.20 bits per heavy atom. The normalized spacial score (nSPS) is 10.3. The first-order valence-corrected chi connectivity index (χ1v) is 5.44. The van der Waals surface area contributed by atoms with Crippen molar-refractivity contribution in [1.29, 1.82) is 0 Å². The molecular weight excluding hydrogens is 214 g/mol. The molecule has 0 saturated carbocycles. The first kappa shape index (κ1) is 12.3. The van der Waals surface area contributed by atoms with E-state index in [9.17, 15) is 0 Å². The van der Waals surface area contributed by atoms with Gasteiger partial charge < -0.3 is 9.47 Å². The van der Waals surface area contributed by atoms with Gasteiger partial charge >= 0.3 is 0 Å². The largest absolute Gasteiger partial charge is 0.492 e. The van der Waals surface area contributed by atoms with Crippen LogP contribution in [0.25, 0.3) is 0 Å². The number of aromatic nitrogens is 1. The van der Waals surface area contributed by atoms with Crippen LogP contribution in [0.1, 0.15) is 18.9 Å². The lowest BCUT2D eigenvalue weighted by Crippen LogP contribution is -2.03. The van der Waals surface area contributed by atoms with Crippen LogP contribution in [-0.2, 0) is 4.74 Å². The molecule has 0 atom stereocenters. The molecule has 0 fully saturated rings. The van der Waals surface area contributed by atoms with Crippen molar-refractivity contribution in [3.8, 4) is 5.75 Å². The van der Waals surface area contributed by atoms with Crippen molar-refractivity contribution in [2.75, 3.05) is 19.8 Å². The second-order valence-electron chi connectivity index (χ2n) is 3.17. The van der Waals surface area contributed by atoms with Crippen LogP contribution in [0.4, 0.5) is 0 Å². The van der Waals surface area contributed by atoms with Crippen LogP contribution >= 0.6 is 11.6 Å². The molecule has 1 rings (SSSR count). The molecule has 0 radical (unpaired) electrons. The zero-order valence-electron chi connectivity index (χ0n) is 9.12. The second-order valence-corrected chi connectivity index (χ2v) is 3.56. The van der Waals surface area contributed by atoms with Gasteiger partial charge in [-0.25, -0.2) is 4.98 Å². The van der Waals surface area contributed by atoms with Crippen LogP contribution in [0.3, 0.4) is 0 Å². The standard InChI is InChI=1S/C11H16ClNO2/c1-3-14-5-4-6-15-10-8-13-11(12)7-9(10)2/h7-8H,3-6H2,1-2H3. The Kier molecular flexibility index (Phi) is 5.43. The summed E-state index contributed by atoms with van der Waals surface area (Å²) >= 11 is 5.73. The fourth-order valence-electron chi connectivity index (χ4n) is 1.15. The topological polar surface area (TPSA) is 31.4 Å². The smallest absolute Gasteiger partial charge is 0.140 e. The van der Waals surface area contributed by atoms with Crippen molar-refractivity contribution < 1.29 is 9.47 Å². The highest BCUT2D eigenvalue weighted by molar-refractivity contribution is 6.29. The molecule has 1 heterocycles. The lowest BCUT2D eigenvalue weighted by Gasteiger charge is -2.08. The Hall–Kier alpha value is -0.800. The van der Waals surface area contributed by atoms with E-state index >= 15 is 0 Å². The molecule has 3 nitrogen and oxygen atoms in total. The zero-order valence-corrected chi connectivity index (χ0v) is 9.88. The first-order chi connectivity index (χ1) is 7.24. The molecular formula is C11H16ClNO2. The van der Waals surface area contributed by atoms with Gasteiger partial charge in [-0.1, -0.05) is 11.6 Å². The number of aryl methyl sites for hydroxylation is 1. The molecule has 0 bridgehead atoms.